The number of hydrogen-bond acceptors (Lipinski definition) is 8. The molecule has 35 heavy (non-hydrogen) atoms. The van der Waals surface area contributed by atoms with Crippen molar-refractivity contribution in [1.29, 1.82) is 0 Å². The van der Waals surface area contributed by atoms with Gasteiger partial charge in [-0.2, -0.15) is 0 Å². The lowest BCUT2D eigenvalue weighted by Gasteiger charge is -2.36. The Morgan fingerprint density at radius 3 is 2.29 bits per heavy atom. The van der Waals surface area contributed by atoms with E-state index in [4.69, 9.17) is 14.0 Å². The number of esters is 1. The van der Waals surface area contributed by atoms with E-state index in [0.717, 1.165) is 35.6 Å². The van der Waals surface area contributed by atoms with Crippen LogP contribution in [0.25, 0.3) is 11.1 Å². The number of ether oxygens (including phenoxy) is 2. The molecule has 1 amide bonds. The Labute approximate surface area is 207 Å². The number of aromatic nitrogens is 1. The number of hydrogen-bond donors (Lipinski definition) is 1. The summed E-state index contributed by atoms with van der Waals surface area (Å²) in [5.41, 5.74) is 3.08. The van der Waals surface area contributed by atoms with E-state index in [1.165, 1.54) is 7.11 Å². The van der Waals surface area contributed by atoms with Gasteiger partial charge in [0.1, 0.15) is 11.6 Å². The second-order valence-electron chi connectivity index (χ2n) is 10.3. The summed E-state index contributed by atoms with van der Waals surface area (Å²) in [6.07, 6.45) is 0.346. The number of methoxy groups -OCH3 is 1. The highest BCUT2D eigenvalue weighted by molar-refractivity contribution is 5.83. The van der Waals surface area contributed by atoms with Crippen LogP contribution in [0.15, 0.2) is 28.8 Å². The quantitative estimate of drug-likeness (QED) is 0.562. The predicted octanol–water partition coefficient (Wildman–Crippen LogP) is 4.71. The molecule has 0 spiro atoms. The van der Waals surface area contributed by atoms with E-state index in [1.54, 1.807) is 4.90 Å². The first-order chi connectivity index (χ1) is 16.5. The lowest BCUT2D eigenvalue weighted by molar-refractivity contribution is -0.141. The summed E-state index contributed by atoms with van der Waals surface area (Å²) < 4.78 is 16.0. The van der Waals surface area contributed by atoms with E-state index in [0.29, 0.717) is 31.3 Å². The molecule has 0 aliphatic carbocycles. The largest absolute Gasteiger partial charge is 0.467 e. The number of rotatable bonds is 7. The fraction of sp³-hybridized carbons (Fsp3) is 0.577. The van der Waals surface area contributed by atoms with Gasteiger partial charge in [-0.05, 0) is 57.7 Å². The molecule has 2 aromatic rings. The van der Waals surface area contributed by atoms with Crippen molar-refractivity contribution in [3.8, 4) is 11.1 Å². The normalized spacial score (nSPS) is 15.2. The third-order valence-electron chi connectivity index (χ3n) is 5.81. The molecule has 1 aromatic heterocycles. The number of carbonyl (C=O) groups excluding carboxylic acids is 2. The summed E-state index contributed by atoms with van der Waals surface area (Å²) in [6.45, 7) is 14.3. The molecule has 2 heterocycles. The Bertz CT molecular complexity index is 1000. The van der Waals surface area contributed by atoms with Crippen molar-refractivity contribution < 1.29 is 23.6 Å². The van der Waals surface area contributed by atoms with Crippen molar-refractivity contribution in [3.63, 3.8) is 0 Å². The Morgan fingerprint density at radius 1 is 1.11 bits per heavy atom. The average molecular weight is 487 g/mol. The highest BCUT2D eigenvalue weighted by Gasteiger charge is 2.27. The number of benzene rings is 1. The third-order valence-corrected chi connectivity index (χ3v) is 5.81. The highest BCUT2D eigenvalue weighted by atomic mass is 16.6. The van der Waals surface area contributed by atoms with Crippen LogP contribution in [0.3, 0.4) is 0 Å². The number of amides is 1. The second-order valence-corrected chi connectivity index (χ2v) is 10.3. The van der Waals surface area contributed by atoms with Gasteiger partial charge in [-0.3, -0.25) is 0 Å². The van der Waals surface area contributed by atoms with Gasteiger partial charge in [-0.1, -0.05) is 31.1 Å². The summed E-state index contributed by atoms with van der Waals surface area (Å²) in [5.74, 6) is 0.422. The maximum absolute atomic E-state index is 12.3. The Kier molecular flexibility index (Phi) is 8.30. The third kappa shape index (κ3) is 6.90. The molecule has 3 rings (SSSR count). The van der Waals surface area contributed by atoms with Crippen LogP contribution < -0.4 is 10.2 Å². The van der Waals surface area contributed by atoms with Crippen LogP contribution in [0, 0.1) is 12.8 Å². The van der Waals surface area contributed by atoms with Gasteiger partial charge in [-0.15, -0.1) is 0 Å². The molecule has 9 heteroatoms. The summed E-state index contributed by atoms with van der Waals surface area (Å²) >= 11 is 0. The van der Waals surface area contributed by atoms with Gasteiger partial charge in [0.2, 0.25) is 5.88 Å². The molecule has 1 aliphatic heterocycles. The van der Waals surface area contributed by atoms with Crippen molar-refractivity contribution in [2.75, 3.05) is 43.5 Å². The van der Waals surface area contributed by atoms with Gasteiger partial charge in [0.25, 0.3) is 0 Å². The summed E-state index contributed by atoms with van der Waals surface area (Å²) in [5, 5.41) is 7.32. The van der Waals surface area contributed by atoms with E-state index < -0.39 is 11.6 Å². The first-order valence-corrected chi connectivity index (χ1v) is 12.1. The van der Waals surface area contributed by atoms with Crippen molar-refractivity contribution in [3.05, 3.63) is 30.0 Å². The molecule has 1 N–H and O–H groups in total. The Hall–Kier alpha value is -3.23. The molecule has 0 radical (unpaired) electrons. The van der Waals surface area contributed by atoms with E-state index in [9.17, 15) is 9.59 Å². The Balaban J connectivity index is 1.69. The first kappa shape index (κ1) is 26.4. The van der Waals surface area contributed by atoms with E-state index >= 15 is 0 Å². The Morgan fingerprint density at radius 2 is 1.74 bits per heavy atom. The van der Waals surface area contributed by atoms with Crippen LogP contribution >= 0.6 is 0 Å². The SMILES string of the molecule is COC(=O)[C@H](CC(C)C)Nc1onc(C)c1-c1ccc(N2CCN(C(=O)OC(C)(C)C)CC2)cc1. The lowest BCUT2D eigenvalue weighted by atomic mass is 10.0. The minimum absolute atomic E-state index is 0.266. The van der Waals surface area contributed by atoms with Gasteiger partial charge in [-0.25, -0.2) is 9.59 Å². The zero-order valence-corrected chi connectivity index (χ0v) is 21.9. The van der Waals surface area contributed by atoms with E-state index in [-0.39, 0.29) is 12.1 Å². The molecule has 1 atom stereocenters. The van der Waals surface area contributed by atoms with Crippen LogP contribution in [-0.4, -0.2) is 67.1 Å². The lowest BCUT2D eigenvalue weighted by Crippen LogP contribution is -2.50. The molecule has 1 fully saturated rings. The fourth-order valence-electron chi connectivity index (χ4n) is 4.11. The fourth-order valence-corrected chi connectivity index (χ4v) is 4.11. The van der Waals surface area contributed by atoms with Crippen LogP contribution in [0.5, 0.6) is 0 Å². The van der Waals surface area contributed by atoms with Crippen LogP contribution in [0.4, 0.5) is 16.4 Å². The van der Waals surface area contributed by atoms with Gasteiger partial charge in [0.15, 0.2) is 0 Å². The maximum atomic E-state index is 12.3. The maximum Gasteiger partial charge on any atom is 0.410 e. The summed E-state index contributed by atoms with van der Waals surface area (Å²) in [6, 6.07) is 7.64. The summed E-state index contributed by atoms with van der Waals surface area (Å²) in [4.78, 5) is 28.6. The van der Waals surface area contributed by atoms with Crippen LogP contribution in [0.1, 0.15) is 46.7 Å². The molecular formula is C26H38N4O5. The topological polar surface area (TPSA) is 97.1 Å². The smallest absolute Gasteiger partial charge is 0.410 e. The standard InChI is InChI=1S/C26H38N4O5/c1-17(2)16-21(24(31)33-7)27-23-22(18(3)28-35-23)19-8-10-20(11-9-19)29-12-14-30(15-13-29)25(32)34-26(4,5)6/h8-11,17,21,27H,12-16H2,1-7H3/t21-/m0/s1. The molecule has 0 unspecified atom stereocenters. The van der Waals surface area contributed by atoms with E-state index in [1.807, 2.05) is 39.8 Å². The van der Waals surface area contributed by atoms with Gasteiger partial charge >= 0.3 is 12.1 Å². The van der Waals surface area contributed by atoms with Crippen molar-refractivity contribution in [1.82, 2.24) is 10.1 Å². The molecule has 1 aliphatic rings. The van der Waals surface area contributed by atoms with Crippen LogP contribution in [0.2, 0.25) is 0 Å². The summed E-state index contributed by atoms with van der Waals surface area (Å²) in [7, 11) is 1.38. The predicted molar refractivity (Wildman–Crippen MR) is 136 cm³/mol. The first-order valence-electron chi connectivity index (χ1n) is 12.1. The second kappa shape index (κ2) is 11.0. The van der Waals surface area contributed by atoms with Crippen molar-refractivity contribution >= 4 is 23.6 Å². The number of nitrogens with zero attached hydrogens (tertiary/aromatic N) is 3. The monoisotopic (exact) mass is 486 g/mol. The highest BCUT2D eigenvalue weighted by Crippen LogP contribution is 2.34. The van der Waals surface area contributed by atoms with Gasteiger partial charge in [0, 0.05) is 31.9 Å². The van der Waals surface area contributed by atoms with Crippen LogP contribution in [-0.2, 0) is 14.3 Å². The van der Waals surface area contributed by atoms with E-state index in [2.05, 4.69) is 41.4 Å². The minimum atomic E-state index is -0.522. The number of aryl methyl sites for hydroxylation is 1. The molecule has 1 saturated heterocycles. The molecule has 0 bridgehead atoms. The van der Waals surface area contributed by atoms with Gasteiger partial charge in [0.05, 0.1) is 18.4 Å². The van der Waals surface area contributed by atoms with Gasteiger partial charge < -0.3 is 29.1 Å². The molecule has 0 saturated carbocycles. The average Bonchev–Trinajstić information content (AvgIpc) is 3.16. The van der Waals surface area contributed by atoms with Crippen molar-refractivity contribution in [2.45, 2.75) is 59.6 Å². The number of piperazine rings is 1. The molecule has 9 nitrogen and oxygen atoms in total. The number of nitrogens with one attached hydrogen (secondary N) is 1. The van der Waals surface area contributed by atoms with Crippen molar-refractivity contribution in [2.24, 2.45) is 5.92 Å². The zero-order valence-electron chi connectivity index (χ0n) is 21.9. The minimum Gasteiger partial charge on any atom is -0.467 e. The zero-order chi connectivity index (χ0) is 25.8. The number of anilines is 2. The molecular weight excluding hydrogens is 448 g/mol. The molecule has 1 aromatic carbocycles. The number of carbonyl (C=O) groups is 2. The molecule has 192 valence electrons.